The van der Waals surface area contributed by atoms with Gasteiger partial charge in [-0.1, -0.05) is 0 Å². The number of carbonyl (C=O) groups is 3. The maximum Gasteiger partial charge on any atom is 0.269 e. The molecule has 2 aromatic rings. The molecule has 0 unspecified atom stereocenters. The van der Waals surface area contributed by atoms with Gasteiger partial charge in [-0.2, -0.15) is 4.39 Å². The number of halogens is 2. The summed E-state index contributed by atoms with van der Waals surface area (Å²) < 4.78 is 27.8. The summed E-state index contributed by atoms with van der Waals surface area (Å²) >= 11 is 0. The smallest absolute Gasteiger partial charge is 0.269 e. The van der Waals surface area contributed by atoms with Gasteiger partial charge in [-0.15, -0.1) is 0 Å². The van der Waals surface area contributed by atoms with Crippen molar-refractivity contribution in [1.82, 2.24) is 15.2 Å². The second-order valence-electron chi connectivity index (χ2n) is 8.95. The van der Waals surface area contributed by atoms with Crippen LogP contribution in [0.3, 0.4) is 0 Å². The summed E-state index contributed by atoms with van der Waals surface area (Å²) in [5.41, 5.74) is 5.87. The summed E-state index contributed by atoms with van der Waals surface area (Å²) in [6.45, 7) is 3.62. The molecule has 4 N–H and O–H groups in total. The minimum atomic E-state index is -0.802. The van der Waals surface area contributed by atoms with Gasteiger partial charge in [-0.05, 0) is 49.1 Å². The standard InChI is InChI=1S/C24H28F2N6O3/c1-28-24(35)19-4-5-20(21(26)29-19)32-8-6-31(7-9-32)13-14-10-15(11-14)23(34)30-18-3-2-16(25)12-17(18)22(27)33/h2-5,12,14-15H,6-11,13H2,1H3,(H2,27,33)(H,28,35)(H,30,34). The molecule has 1 aromatic heterocycles. The molecule has 1 saturated heterocycles. The fraction of sp³-hybridized carbons (Fsp3) is 0.417. The first-order chi connectivity index (χ1) is 16.7. The van der Waals surface area contributed by atoms with E-state index in [0.717, 1.165) is 38.5 Å². The zero-order valence-corrected chi connectivity index (χ0v) is 19.4. The number of primary amides is 1. The molecule has 2 aliphatic rings. The predicted octanol–water partition coefficient (Wildman–Crippen LogP) is 1.61. The quantitative estimate of drug-likeness (QED) is 0.512. The van der Waals surface area contributed by atoms with Crippen molar-refractivity contribution in [1.29, 1.82) is 0 Å². The molecule has 1 aromatic carbocycles. The third-order valence-corrected chi connectivity index (χ3v) is 6.63. The number of pyridine rings is 1. The van der Waals surface area contributed by atoms with Gasteiger partial charge in [0.05, 0.1) is 16.9 Å². The van der Waals surface area contributed by atoms with E-state index >= 15 is 0 Å². The molecule has 3 amide bonds. The van der Waals surface area contributed by atoms with Gasteiger partial charge < -0.3 is 21.3 Å². The number of anilines is 2. The SMILES string of the molecule is CNC(=O)c1ccc(N2CCN(CC3CC(C(=O)Nc4ccc(F)cc4C(N)=O)C3)CC2)c(F)n1. The maximum atomic E-state index is 14.4. The molecule has 0 bridgehead atoms. The monoisotopic (exact) mass is 486 g/mol. The van der Waals surface area contributed by atoms with Crippen LogP contribution >= 0.6 is 0 Å². The number of aromatic nitrogens is 1. The lowest BCUT2D eigenvalue weighted by molar-refractivity contribution is -0.124. The summed E-state index contributed by atoms with van der Waals surface area (Å²) in [4.78, 5) is 43.7. The number of piperazine rings is 1. The Balaban J connectivity index is 1.23. The number of carbonyl (C=O) groups excluding carboxylic acids is 3. The Hall–Kier alpha value is -3.60. The third kappa shape index (κ3) is 5.56. The summed E-state index contributed by atoms with van der Waals surface area (Å²) in [6, 6.07) is 6.63. The largest absolute Gasteiger partial charge is 0.366 e. The van der Waals surface area contributed by atoms with Crippen LogP contribution in [0.15, 0.2) is 30.3 Å². The zero-order chi connectivity index (χ0) is 25.1. The van der Waals surface area contributed by atoms with Crippen molar-refractivity contribution in [2.45, 2.75) is 12.8 Å². The molecular weight excluding hydrogens is 458 g/mol. The van der Waals surface area contributed by atoms with E-state index in [1.54, 1.807) is 6.07 Å². The van der Waals surface area contributed by atoms with Crippen molar-refractivity contribution in [3.63, 3.8) is 0 Å². The van der Waals surface area contributed by atoms with Crippen molar-refractivity contribution in [3.05, 3.63) is 53.4 Å². The van der Waals surface area contributed by atoms with Gasteiger partial charge >= 0.3 is 0 Å². The van der Waals surface area contributed by atoms with Gasteiger partial charge in [0.15, 0.2) is 0 Å². The lowest BCUT2D eigenvalue weighted by Gasteiger charge is -2.41. The van der Waals surface area contributed by atoms with Crippen molar-refractivity contribution in [2.24, 2.45) is 17.6 Å². The number of hydrogen-bond donors (Lipinski definition) is 3. The average Bonchev–Trinajstić information content (AvgIpc) is 2.82. The topological polar surface area (TPSA) is 121 Å². The van der Waals surface area contributed by atoms with Gasteiger partial charge in [0.1, 0.15) is 11.5 Å². The molecule has 2 fully saturated rings. The number of benzene rings is 1. The first kappa shape index (κ1) is 24.5. The number of amides is 3. The van der Waals surface area contributed by atoms with Crippen molar-refractivity contribution >= 4 is 29.1 Å². The number of hydrogen-bond acceptors (Lipinski definition) is 6. The van der Waals surface area contributed by atoms with Crippen molar-refractivity contribution in [3.8, 4) is 0 Å². The molecule has 9 nitrogen and oxygen atoms in total. The molecule has 1 aliphatic heterocycles. The highest BCUT2D eigenvalue weighted by Gasteiger charge is 2.36. The molecule has 4 rings (SSSR count). The number of nitrogens with two attached hydrogens (primary N) is 1. The maximum absolute atomic E-state index is 14.4. The fourth-order valence-corrected chi connectivity index (χ4v) is 4.62. The normalized spacial score (nSPS) is 20.1. The molecular formula is C24H28F2N6O3. The van der Waals surface area contributed by atoms with Crippen LogP contribution < -0.4 is 21.3 Å². The Morgan fingerprint density at radius 1 is 1.09 bits per heavy atom. The Morgan fingerprint density at radius 2 is 1.80 bits per heavy atom. The van der Waals surface area contributed by atoms with Gasteiger partial charge in [0.2, 0.25) is 11.9 Å². The van der Waals surface area contributed by atoms with Crippen LogP contribution in [0.1, 0.15) is 33.7 Å². The third-order valence-electron chi connectivity index (χ3n) is 6.63. The number of nitrogens with zero attached hydrogens (tertiary/aromatic N) is 3. The Bertz CT molecular complexity index is 1130. The summed E-state index contributed by atoms with van der Waals surface area (Å²) in [5, 5.41) is 5.12. The highest BCUT2D eigenvalue weighted by Crippen LogP contribution is 2.36. The first-order valence-electron chi connectivity index (χ1n) is 11.5. The van der Waals surface area contributed by atoms with E-state index < -0.39 is 23.6 Å². The van der Waals surface area contributed by atoms with Gasteiger partial charge in [-0.25, -0.2) is 9.37 Å². The van der Waals surface area contributed by atoms with Crippen LogP contribution in [0.2, 0.25) is 0 Å². The van der Waals surface area contributed by atoms with Crippen LogP contribution in [0.25, 0.3) is 0 Å². The van der Waals surface area contributed by atoms with Crippen LogP contribution in [-0.2, 0) is 4.79 Å². The van der Waals surface area contributed by atoms with Gasteiger partial charge in [-0.3, -0.25) is 19.3 Å². The van der Waals surface area contributed by atoms with E-state index in [2.05, 4.69) is 20.5 Å². The molecule has 0 spiro atoms. The molecule has 186 valence electrons. The van der Waals surface area contributed by atoms with Gasteiger partial charge in [0, 0.05) is 45.7 Å². The second-order valence-corrected chi connectivity index (χ2v) is 8.95. The Kier molecular flexibility index (Phi) is 7.25. The minimum absolute atomic E-state index is 0.0428. The fourth-order valence-electron chi connectivity index (χ4n) is 4.62. The van der Waals surface area contributed by atoms with E-state index in [0.29, 0.717) is 24.7 Å². The lowest BCUT2D eigenvalue weighted by Crippen LogP contribution is -2.50. The minimum Gasteiger partial charge on any atom is -0.366 e. The number of nitrogens with one attached hydrogen (secondary N) is 2. The average molecular weight is 487 g/mol. The second kappa shape index (κ2) is 10.3. The van der Waals surface area contributed by atoms with Crippen LogP contribution in [-0.4, -0.2) is 67.4 Å². The molecule has 11 heteroatoms. The van der Waals surface area contributed by atoms with Crippen LogP contribution in [0, 0.1) is 23.6 Å². The summed E-state index contributed by atoms with van der Waals surface area (Å²) in [6.07, 6.45) is 1.44. The summed E-state index contributed by atoms with van der Waals surface area (Å²) in [7, 11) is 1.47. The van der Waals surface area contributed by atoms with E-state index in [9.17, 15) is 23.2 Å². The highest BCUT2D eigenvalue weighted by molar-refractivity contribution is 6.03. The first-order valence-corrected chi connectivity index (χ1v) is 11.5. The number of rotatable bonds is 7. The zero-order valence-electron chi connectivity index (χ0n) is 19.4. The van der Waals surface area contributed by atoms with E-state index in [1.807, 2.05) is 4.90 Å². The Labute approximate surface area is 201 Å². The molecule has 35 heavy (non-hydrogen) atoms. The molecule has 0 radical (unpaired) electrons. The highest BCUT2D eigenvalue weighted by atomic mass is 19.1. The van der Waals surface area contributed by atoms with E-state index in [4.69, 9.17) is 5.73 Å². The van der Waals surface area contributed by atoms with Gasteiger partial charge in [0.25, 0.3) is 11.8 Å². The summed E-state index contributed by atoms with van der Waals surface area (Å²) in [5.74, 6) is -2.50. The molecule has 2 heterocycles. The molecule has 1 aliphatic carbocycles. The lowest BCUT2D eigenvalue weighted by atomic mass is 9.74. The van der Waals surface area contributed by atoms with Crippen molar-refractivity contribution in [2.75, 3.05) is 50.0 Å². The van der Waals surface area contributed by atoms with E-state index in [1.165, 1.54) is 25.2 Å². The van der Waals surface area contributed by atoms with Crippen molar-refractivity contribution < 1.29 is 23.2 Å². The molecule has 1 saturated carbocycles. The Morgan fingerprint density at radius 3 is 2.43 bits per heavy atom. The van der Waals surface area contributed by atoms with Crippen LogP contribution in [0.5, 0.6) is 0 Å². The van der Waals surface area contributed by atoms with E-state index in [-0.39, 0.29) is 28.8 Å². The molecule has 0 atom stereocenters. The van der Waals surface area contributed by atoms with Crippen LogP contribution in [0.4, 0.5) is 20.2 Å². The predicted molar refractivity (Wildman–Crippen MR) is 126 cm³/mol.